The Morgan fingerprint density at radius 2 is 0.722 bits per heavy atom. The molecule has 0 saturated heterocycles. The zero-order valence-corrected chi connectivity index (χ0v) is 45.2. The average Bonchev–Trinajstić information content (AvgIpc) is 3.01. The number of para-hydroxylation sites is 2. The Labute approximate surface area is 467 Å². The van der Waals surface area contributed by atoms with E-state index >= 15 is 0 Å². The Hall–Kier alpha value is -9.32. The smallest absolute Gasteiger partial charge is 0.0725 e. The van der Waals surface area contributed by atoms with Crippen LogP contribution in [-0.2, 0) is 5.41 Å². The summed E-state index contributed by atoms with van der Waals surface area (Å²) in [5.41, 5.74) is 24.8. The third-order valence-electron chi connectivity index (χ3n) is 16.8. The van der Waals surface area contributed by atoms with Crippen molar-refractivity contribution in [2.75, 3.05) is 0 Å². The van der Waals surface area contributed by atoms with Gasteiger partial charge in [-0.3, -0.25) is 0 Å². The van der Waals surface area contributed by atoms with Gasteiger partial charge in [-0.2, -0.15) is 0 Å². The minimum Gasteiger partial charge on any atom is -0.309 e. The molecule has 0 aliphatic heterocycles. The fourth-order valence-corrected chi connectivity index (χ4v) is 14.9. The fourth-order valence-electron chi connectivity index (χ4n) is 13.1. The van der Waals surface area contributed by atoms with E-state index in [1.807, 2.05) is 22.7 Å². The van der Waals surface area contributed by atoms with Gasteiger partial charge in [0.1, 0.15) is 0 Å². The van der Waals surface area contributed by atoms with Gasteiger partial charge < -0.3 is 9.13 Å². The van der Waals surface area contributed by atoms with E-state index in [2.05, 4.69) is 290 Å². The Kier molecular flexibility index (Phi) is 10.4. The predicted molar refractivity (Wildman–Crippen MR) is 338 cm³/mol. The largest absolute Gasteiger partial charge is 0.309 e. The first kappa shape index (κ1) is 45.8. The lowest BCUT2D eigenvalue weighted by molar-refractivity contribution is 0.793. The van der Waals surface area contributed by atoms with Crippen LogP contribution in [0.4, 0.5) is 0 Å². The maximum absolute atomic E-state index is 2.47. The molecular weight excluding hydrogens is 993 g/mol. The lowest BCUT2D eigenvalue weighted by Crippen LogP contribution is -2.26. The Balaban J connectivity index is 0.727. The number of aromatic nitrogens is 2. The van der Waals surface area contributed by atoms with Crippen LogP contribution in [0.15, 0.2) is 243 Å². The monoisotopic (exact) mass is 1040 g/mol. The SMILES string of the molecule is Cc1ccc(-n2c3ccccc3c3cc(-c4ccc(C=Cc5ccc6c(c5)C5(c7ccccc7-c7ccccc75)c5cc(C=Cc7ccc(-c8ccc9c(c8)c8ccccc8n9-c8ccc(C)cc8)s7)ccc5-6)s4)ccc32)cc1. The van der Waals surface area contributed by atoms with Gasteiger partial charge in [0.2, 0.25) is 0 Å². The van der Waals surface area contributed by atoms with Crippen LogP contribution in [0.1, 0.15) is 54.3 Å². The molecule has 4 heteroatoms. The summed E-state index contributed by atoms with van der Waals surface area (Å²) in [6, 6.07) is 90.8. The van der Waals surface area contributed by atoms with E-state index in [-0.39, 0.29) is 0 Å². The van der Waals surface area contributed by atoms with Crippen LogP contribution in [-0.4, -0.2) is 9.13 Å². The average molecular weight is 1040 g/mol. The molecule has 2 aliphatic rings. The van der Waals surface area contributed by atoms with Gasteiger partial charge in [0.25, 0.3) is 0 Å². The van der Waals surface area contributed by atoms with E-state index in [1.54, 1.807) is 0 Å². The van der Waals surface area contributed by atoms with Gasteiger partial charge in [-0.1, -0.05) is 169 Å². The number of nitrogens with zero attached hydrogens (tertiary/aromatic N) is 2. The summed E-state index contributed by atoms with van der Waals surface area (Å²) in [7, 11) is 0. The lowest BCUT2D eigenvalue weighted by Gasteiger charge is -2.30. The first-order valence-corrected chi connectivity index (χ1v) is 28.8. The highest BCUT2D eigenvalue weighted by atomic mass is 32.1. The highest BCUT2D eigenvalue weighted by molar-refractivity contribution is 7.16. The molecule has 14 aromatic rings. The Bertz CT molecular complexity index is 4550. The molecule has 0 unspecified atom stereocenters. The summed E-state index contributed by atoms with van der Waals surface area (Å²) in [6.07, 6.45) is 9.21. The van der Waals surface area contributed by atoms with Crippen molar-refractivity contribution in [3.05, 3.63) is 297 Å². The summed E-state index contributed by atoms with van der Waals surface area (Å²) in [6.45, 7) is 4.29. The molecule has 10 aromatic carbocycles. The number of benzene rings is 10. The number of aryl methyl sites for hydroxylation is 2. The molecule has 0 fully saturated rings. The van der Waals surface area contributed by atoms with Gasteiger partial charge in [-0.15, -0.1) is 22.7 Å². The second-order valence-electron chi connectivity index (χ2n) is 21.4. The molecule has 2 aliphatic carbocycles. The zero-order valence-electron chi connectivity index (χ0n) is 43.6. The summed E-state index contributed by atoms with van der Waals surface area (Å²) >= 11 is 3.69. The van der Waals surface area contributed by atoms with E-state index < -0.39 is 5.41 Å². The lowest BCUT2D eigenvalue weighted by atomic mass is 9.70. The first-order valence-electron chi connectivity index (χ1n) is 27.2. The van der Waals surface area contributed by atoms with E-state index in [4.69, 9.17) is 0 Å². The quantitative estimate of drug-likeness (QED) is 0.144. The topological polar surface area (TPSA) is 9.86 Å². The van der Waals surface area contributed by atoms with Crippen molar-refractivity contribution in [2.24, 2.45) is 0 Å². The fraction of sp³-hybridized carbons (Fsp3) is 0.0400. The number of fused-ring (bicyclic) bond motifs is 16. The molecule has 16 rings (SSSR count). The molecule has 0 bridgehead atoms. The first-order chi connectivity index (χ1) is 38.9. The molecule has 4 heterocycles. The van der Waals surface area contributed by atoms with Crippen LogP contribution >= 0.6 is 22.7 Å². The normalized spacial score (nSPS) is 13.2. The van der Waals surface area contributed by atoms with E-state index in [0.29, 0.717) is 0 Å². The van der Waals surface area contributed by atoms with Crippen LogP contribution in [0, 0.1) is 13.8 Å². The molecule has 2 nitrogen and oxygen atoms in total. The molecule has 372 valence electrons. The third kappa shape index (κ3) is 7.15. The second-order valence-corrected chi connectivity index (χ2v) is 23.6. The van der Waals surface area contributed by atoms with E-state index in [1.165, 1.54) is 152 Å². The maximum atomic E-state index is 2.47. The van der Waals surface area contributed by atoms with Crippen LogP contribution in [0.2, 0.25) is 0 Å². The van der Waals surface area contributed by atoms with Gasteiger partial charge in [-0.25, -0.2) is 0 Å². The van der Waals surface area contributed by atoms with Crippen molar-refractivity contribution in [3.63, 3.8) is 0 Å². The van der Waals surface area contributed by atoms with E-state index in [0.717, 1.165) is 0 Å². The van der Waals surface area contributed by atoms with Crippen molar-refractivity contribution in [1.82, 2.24) is 9.13 Å². The van der Waals surface area contributed by atoms with Crippen molar-refractivity contribution in [2.45, 2.75) is 19.3 Å². The minimum absolute atomic E-state index is 0.458. The van der Waals surface area contributed by atoms with Crippen molar-refractivity contribution < 1.29 is 0 Å². The van der Waals surface area contributed by atoms with Crippen molar-refractivity contribution in [3.8, 4) is 54.5 Å². The zero-order chi connectivity index (χ0) is 52.3. The molecule has 0 saturated carbocycles. The number of thiophene rings is 2. The van der Waals surface area contributed by atoms with Gasteiger partial charge in [-0.05, 0) is 190 Å². The maximum Gasteiger partial charge on any atom is 0.0725 e. The van der Waals surface area contributed by atoms with Gasteiger partial charge >= 0.3 is 0 Å². The van der Waals surface area contributed by atoms with E-state index in [9.17, 15) is 0 Å². The molecule has 4 aromatic heterocycles. The number of hydrogen-bond donors (Lipinski definition) is 0. The van der Waals surface area contributed by atoms with Crippen molar-refractivity contribution >= 4 is 90.6 Å². The third-order valence-corrected chi connectivity index (χ3v) is 19.0. The highest BCUT2D eigenvalue weighted by Crippen LogP contribution is 2.63. The van der Waals surface area contributed by atoms with Crippen LogP contribution in [0.5, 0.6) is 0 Å². The summed E-state index contributed by atoms with van der Waals surface area (Å²) in [5, 5.41) is 5.08. The second kappa shape index (κ2) is 17.9. The molecule has 0 atom stereocenters. The van der Waals surface area contributed by atoms with Crippen molar-refractivity contribution in [1.29, 1.82) is 0 Å². The predicted octanol–water partition coefficient (Wildman–Crippen LogP) is 20.6. The number of hydrogen-bond acceptors (Lipinski definition) is 2. The van der Waals surface area contributed by atoms with Gasteiger partial charge in [0.15, 0.2) is 0 Å². The van der Waals surface area contributed by atoms with Gasteiger partial charge in [0.05, 0.1) is 27.5 Å². The number of rotatable bonds is 8. The Morgan fingerprint density at radius 1 is 0.316 bits per heavy atom. The highest BCUT2D eigenvalue weighted by Gasteiger charge is 2.51. The van der Waals surface area contributed by atoms with Crippen LogP contribution in [0.3, 0.4) is 0 Å². The molecule has 1 spiro atoms. The summed E-state index contributed by atoms with van der Waals surface area (Å²) in [5.74, 6) is 0. The molecule has 0 radical (unpaired) electrons. The minimum atomic E-state index is -0.458. The molecule has 79 heavy (non-hydrogen) atoms. The van der Waals surface area contributed by atoms with Gasteiger partial charge in [0, 0.05) is 52.4 Å². The van der Waals surface area contributed by atoms with Crippen LogP contribution in [0.25, 0.3) is 122 Å². The Morgan fingerprint density at radius 3 is 1.19 bits per heavy atom. The van der Waals surface area contributed by atoms with Crippen LogP contribution < -0.4 is 0 Å². The summed E-state index contributed by atoms with van der Waals surface area (Å²) < 4.78 is 4.79. The standard InChI is InChI=1S/C75H50N2S2/c1-47-19-29-53(30-20-47)76-69-17-9-5-13-61(69)63-45-51(27-39-71(63)76)73-41-35-55(78-73)33-23-49-25-37-59-60-38-26-50(44-68(60)75(67(59)43-49)65-15-7-3-11-57(65)58-12-4-8-16-66(58)75)24-34-56-36-42-74(79-56)52-28-40-72-64(46-52)62-14-6-10-18-70(62)77(72)54-31-21-48(2)22-32-54/h3-46H,1-2H3. The molecule has 0 N–H and O–H groups in total. The molecular formula is C75H50N2S2. The molecule has 0 amide bonds. The summed E-state index contributed by atoms with van der Waals surface area (Å²) in [4.78, 5) is 4.98.